The molecule has 0 bridgehead atoms. The molecule has 0 unspecified atom stereocenters. The van der Waals surface area contributed by atoms with E-state index in [0.29, 0.717) is 5.52 Å². The molecule has 0 amide bonds. The van der Waals surface area contributed by atoms with Crippen molar-refractivity contribution in [3.63, 3.8) is 0 Å². The second-order valence-electron chi connectivity index (χ2n) is 5.94. The normalized spacial score (nSPS) is 18.8. The summed E-state index contributed by atoms with van der Waals surface area (Å²) in [6, 6.07) is 12.2. The molecule has 3 heterocycles. The second kappa shape index (κ2) is 5.99. The molecule has 124 valence electrons. The molecule has 1 fully saturated rings. The van der Waals surface area contributed by atoms with E-state index in [2.05, 4.69) is 15.4 Å². The molecule has 2 aromatic heterocycles. The lowest BCUT2D eigenvalue weighted by Gasteiger charge is -2.23. The summed E-state index contributed by atoms with van der Waals surface area (Å²) in [6.45, 7) is 1.78. The second-order valence-corrected chi connectivity index (χ2v) is 7.80. The minimum absolute atomic E-state index is 0.0369. The minimum Gasteiger partial charge on any atom is -0.315 e. The SMILES string of the molecule is O=S(=O)(c1ccccc1)c1nn([C@@H]2CCCNC2)c2cccnc12. The van der Waals surface area contributed by atoms with E-state index in [9.17, 15) is 8.42 Å². The van der Waals surface area contributed by atoms with E-state index in [0.717, 1.165) is 31.4 Å². The molecule has 0 spiro atoms. The molecular weight excluding hydrogens is 324 g/mol. The number of rotatable bonds is 3. The van der Waals surface area contributed by atoms with Crippen LogP contribution in [0.3, 0.4) is 0 Å². The van der Waals surface area contributed by atoms with Gasteiger partial charge >= 0.3 is 0 Å². The van der Waals surface area contributed by atoms with Crippen molar-refractivity contribution in [2.45, 2.75) is 28.8 Å². The third-order valence-corrected chi connectivity index (χ3v) is 6.04. The van der Waals surface area contributed by atoms with E-state index in [4.69, 9.17) is 0 Å². The van der Waals surface area contributed by atoms with Crippen LogP contribution in [0.15, 0.2) is 58.6 Å². The van der Waals surface area contributed by atoms with E-state index in [1.54, 1.807) is 36.5 Å². The van der Waals surface area contributed by atoms with Gasteiger partial charge < -0.3 is 5.32 Å². The Bertz CT molecular complexity index is 961. The first-order valence-corrected chi connectivity index (χ1v) is 9.50. The van der Waals surface area contributed by atoms with Gasteiger partial charge in [-0.2, -0.15) is 5.10 Å². The highest BCUT2D eigenvalue weighted by Crippen LogP contribution is 2.29. The van der Waals surface area contributed by atoms with Crippen LogP contribution in [0.5, 0.6) is 0 Å². The zero-order valence-corrected chi connectivity index (χ0v) is 13.9. The fourth-order valence-corrected chi connectivity index (χ4v) is 4.50. The first-order valence-electron chi connectivity index (χ1n) is 8.02. The summed E-state index contributed by atoms with van der Waals surface area (Å²) in [5.74, 6) is 0. The Morgan fingerprint density at radius 3 is 2.71 bits per heavy atom. The maximum atomic E-state index is 13.0. The van der Waals surface area contributed by atoms with Crippen molar-refractivity contribution < 1.29 is 8.42 Å². The van der Waals surface area contributed by atoms with Crippen molar-refractivity contribution in [3.05, 3.63) is 48.7 Å². The number of pyridine rings is 1. The Hall–Kier alpha value is -2.25. The summed E-state index contributed by atoms with van der Waals surface area (Å²) in [7, 11) is -3.70. The molecule has 24 heavy (non-hydrogen) atoms. The van der Waals surface area contributed by atoms with Crippen LogP contribution in [0.2, 0.25) is 0 Å². The van der Waals surface area contributed by atoms with Crippen LogP contribution in [0.25, 0.3) is 11.0 Å². The molecule has 1 aliphatic heterocycles. The summed E-state index contributed by atoms with van der Waals surface area (Å²) in [5, 5.41) is 7.87. The number of hydrogen-bond acceptors (Lipinski definition) is 5. The zero-order chi connectivity index (χ0) is 16.6. The topological polar surface area (TPSA) is 76.9 Å². The van der Waals surface area contributed by atoms with Gasteiger partial charge in [-0.05, 0) is 43.7 Å². The Balaban J connectivity index is 1.90. The standard InChI is InChI=1S/C17H18N4O2S/c22-24(23,14-7-2-1-3-8-14)17-16-15(9-5-11-19-16)21(20-17)13-6-4-10-18-12-13/h1-3,5,7-9,11,13,18H,4,6,10,12H2/t13-/m1/s1. The molecule has 1 aliphatic rings. The van der Waals surface area contributed by atoms with Crippen LogP contribution in [0.1, 0.15) is 18.9 Å². The van der Waals surface area contributed by atoms with Crippen LogP contribution in [-0.2, 0) is 9.84 Å². The maximum Gasteiger partial charge on any atom is 0.227 e. The largest absolute Gasteiger partial charge is 0.315 e. The van der Waals surface area contributed by atoms with Crippen LogP contribution in [-0.4, -0.2) is 36.3 Å². The number of benzene rings is 1. The average Bonchev–Trinajstić information content (AvgIpc) is 3.04. The quantitative estimate of drug-likeness (QED) is 0.789. The van der Waals surface area contributed by atoms with Crippen LogP contribution < -0.4 is 5.32 Å². The molecule has 1 saturated heterocycles. The van der Waals surface area contributed by atoms with Crippen molar-refractivity contribution >= 4 is 20.9 Å². The van der Waals surface area contributed by atoms with Gasteiger partial charge in [-0.1, -0.05) is 18.2 Å². The van der Waals surface area contributed by atoms with E-state index in [1.807, 2.05) is 16.8 Å². The van der Waals surface area contributed by atoms with E-state index >= 15 is 0 Å². The number of sulfone groups is 1. The monoisotopic (exact) mass is 342 g/mol. The summed E-state index contributed by atoms with van der Waals surface area (Å²) < 4.78 is 27.8. The summed E-state index contributed by atoms with van der Waals surface area (Å²) in [4.78, 5) is 4.55. The highest BCUT2D eigenvalue weighted by Gasteiger charge is 2.28. The summed E-state index contributed by atoms with van der Waals surface area (Å²) in [6.07, 6.45) is 3.63. The smallest absolute Gasteiger partial charge is 0.227 e. The van der Waals surface area contributed by atoms with Crippen LogP contribution >= 0.6 is 0 Å². The summed E-state index contributed by atoms with van der Waals surface area (Å²) >= 11 is 0. The number of nitrogens with one attached hydrogen (secondary N) is 1. The molecule has 1 aromatic carbocycles. The van der Waals surface area contributed by atoms with Crippen molar-refractivity contribution in [2.24, 2.45) is 0 Å². The van der Waals surface area contributed by atoms with Gasteiger partial charge in [0, 0.05) is 12.7 Å². The lowest BCUT2D eigenvalue weighted by molar-refractivity contribution is 0.351. The van der Waals surface area contributed by atoms with Crippen molar-refractivity contribution in [2.75, 3.05) is 13.1 Å². The Kier molecular flexibility index (Phi) is 3.82. The number of hydrogen-bond donors (Lipinski definition) is 1. The van der Waals surface area contributed by atoms with Crippen molar-refractivity contribution in [3.8, 4) is 0 Å². The van der Waals surface area contributed by atoms with Gasteiger partial charge in [-0.25, -0.2) is 8.42 Å². The van der Waals surface area contributed by atoms with E-state index < -0.39 is 9.84 Å². The zero-order valence-electron chi connectivity index (χ0n) is 13.1. The predicted molar refractivity (Wildman–Crippen MR) is 90.6 cm³/mol. The fraction of sp³-hybridized carbons (Fsp3) is 0.294. The molecule has 0 radical (unpaired) electrons. The van der Waals surface area contributed by atoms with Crippen LogP contribution in [0, 0.1) is 0 Å². The molecule has 1 atom stereocenters. The number of fused-ring (bicyclic) bond motifs is 1. The Morgan fingerprint density at radius 1 is 1.12 bits per heavy atom. The first kappa shape index (κ1) is 15.3. The molecule has 3 aromatic rings. The van der Waals surface area contributed by atoms with Gasteiger partial charge in [0.1, 0.15) is 5.52 Å². The fourth-order valence-electron chi connectivity index (χ4n) is 3.16. The number of nitrogens with zero attached hydrogens (tertiary/aromatic N) is 3. The van der Waals surface area contributed by atoms with Crippen molar-refractivity contribution in [1.29, 1.82) is 0 Å². The summed E-state index contributed by atoms with van der Waals surface area (Å²) in [5.41, 5.74) is 1.20. The van der Waals surface area contributed by atoms with Gasteiger partial charge in [0.15, 0.2) is 0 Å². The highest BCUT2D eigenvalue weighted by molar-refractivity contribution is 7.91. The van der Waals surface area contributed by atoms with Crippen molar-refractivity contribution in [1.82, 2.24) is 20.1 Å². The molecule has 4 rings (SSSR count). The molecule has 0 aliphatic carbocycles. The number of aromatic nitrogens is 3. The predicted octanol–water partition coefficient (Wildman–Crippen LogP) is 2.19. The molecule has 1 N–H and O–H groups in total. The van der Waals surface area contributed by atoms with Crippen LogP contribution in [0.4, 0.5) is 0 Å². The molecule has 7 heteroatoms. The highest BCUT2D eigenvalue weighted by atomic mass is 32.2. The van der Waals surface area contributed by atoms with Gasteiger partial charge in [0.25, 0.3) is 0 Å². The number of piperidine rings is 1. The minimum atomic E-state index is -3.70. The van der Waals surface area contributed by atoms with Gasteiger partial charge in [-0.3, -0.25) is 9.67 Å². The third-order valence-electron chi connectivity index (χ3n) is 4.36. The maximum absolute atomic E-state index is 13.0. The molecule has 0 saturated carbocycles. The third kappa shape index (κ3) is 2.50. The van der Waals surface area contributed by atoms with E-state index in [-0.39, 0.29) is 16.0 Å². The molecular formula is C17H18N4O2S. The molecule has 6 nitrogen and oxygen atoms in total. The van der Waals surface area contributed by atoms with Gasteiger partial charge in [0.05, 0.1) is 16.5 Å². The van der Waals surface area contributed by atoms with Gasteiger partial charge in [0.2, 0.25) is 14.9 Å². The average molecular weight is 342 g/mol. The lowest BCUT2D eigenvalue weighted by atomic mass is 10.1. The first-order chi connectivity index (χ1) is 11.7. The Morgan fingerprint density at radius 2 is 1.96 bits per heavy atom. The van der Waals surface area contributed by atoms with E-state index in [1.165, 1.54) is 0 Å². The van der Waals surface area contributed by atoms with Gasteiger partial charge in [-0.15, -0.1) is 0 Å². The lowest BCUT2D eigenvalue weighted by Crippen LogP contribution is -2.32. The Labute approximate surface area is 140 Å².